The summed E-state index contributed by atoms with van der Waals surface area (Å²) in [6.45, 7) is 6.33. The van der Waals surface area contributed by atoms with Gasteiger partial charge in [0.15, 0.2) is 0 Å². The van der Waals surface area contributed by atoms with Crippen LogP contribution in [0.2, 0.25) is 0 Å². The fourth-order valence-corrected chi connectivity index (χ4v) is 1.76. The average molecular weight is 286 g/mol. The van der Waals surface area contributed by atoms with E-state index in [1.165, 1.54) is 6.08 Å². The van der Waals surface area contributed by atoms with Gasteiger partial charge in [0.05, 0.1) is 13.2 Å². The number of ether oxygens (including phenoxy) is 2. The number of hydrogen-bond donors (Lipinski definition) is 0. The maximum atomic E-state index is 10.8. The molecule has 0 unspecified atom stereocenters. The highest BCUT2D eigenvalue weighted by atomic mass is 16.5. The van der Waals surface area contributed by atoms with Gasteiger partial charge in [-0.3, -0.25) is 0 Å². The molecule has 21 heavy (non-hydrogen) atoms. The van der Waals surface area contributed by atoms with Crippen LogP contribution in [-0.2, 0) is 9.53 Å². The summed E-state index contributed by atoms with van der Waals surface area (Å²) in [4.78, 5) is 10.8. The molecule has 0 spiro atoms. The molecule has 3 nitrogen and oxygen atoms in total. The van der Waals surface area contributed by atoms with E-state index in [2.05, 4.69) is 18.4 Å². The Kier molecular flexibility index (Phi) is 8.47. The lowest BCUT2D eigenvalue weighted by molar-refractivity contribution is -0.137. The van der Waals surface area contributed by atoms with Crippen LogP contribution >= 0.6 is 0 Å². The van der Waals surface area contributed by atoms with Crippen LogP contribution in [0.1, 0.15) is 38.2 Å². The fourth-order valence-electron chi connectivity index (χ4n) is 1.76. The number of rotatable bonds is 9. The molecule has 0 aromatic heterocycles. The number of hydrogen-bond acceptors (Lipinski definition) is 3. The predicted molar refractivity (Wildman–Crippen MR) is 84.1 cm³/mol. The Morgan fingerprint density at radius 1 is 1.14 bits per heavy atom. The van der Waals surface area contributed by atoms with E-state index in [0.29, 0.717) is 13.2 Å². The van der Waals surface area contributed by atoms with Crippen LogP contribution in [0.4, 0.5) is 0 Å². The largest absolute Gasteiger partial charge is 0.494 e. The van der Waals surface area contributed by atoms with E-state index in [4.69, 9.17) is 9.47 Å². The monoisotopic (exact) mass is 286 g/mol. The Morgan fingerprint density at radius 3 is 2.43 bits per heavy atom. The van der Waals surface area contributed by atoms with Crippen molar-refractivity contribution < 1.29 is 14.3 Å². The second-order valence-electron chi connectivity index (χ2n) is 4.53. The van der Waals surface area contributed by atoms with Gasteiger partial charge >= 0.3 is 5.97 Å². The molecule has 1 rings (SSSR count). The summed E-state index contributed by atoms with van der Waals surface area (Å²) in [5.41, 5.74) is 0.999. The molecule has 0 bridgehead atoms. The molecule has 0 fully saturated rings. The maximum Gasteiger partial charge on any atom is 0.330 e. The van der Waals surface area contributed by atoms with Gasteiger partial charge in [0.25, 0.3) is 0 Å². The molecule has 0 aliphatic carbocycles. The molecule has 0 aliphatic heterocycles. The smallest absolute Gasteiger partial charge is 0.330 e. The summed E-state index contributed by atoms with van der Waals surface area (Å²) < 4.78 is 10.6. The quantitative estimate of drug-likeness (QED) is 0.300. The van der Waals surface area contributed by atoms with Gasteiger partial charge in [0.2, 0.25) is 0 Å². The zero-order valence-electron chi connectivity index (χ0n) is 12.6. The van der Waals surface area contributed by atoms with Gasteiger partial charge in [-0.1, -0.05) is 12.5 Å². The molecule has 3 heteroatoms. The zero-order valence-corrected chi connectivity index (χ0v) is 12.6. The molecule has 0 radical (unpaired) electrons. The first kappa shape index (κ1) is 16.8. The number of unbranched alkanes of at least 4 members (excludes halogenated alkanes) is 3. The second kappa shape index (κ2) is 10.6. The Bertz CT molecular complexity index is 491. The third-order valence-corrected chi connectivity index (χ3v) is 2.84. The second-order valence-corrected chi connectivity index (χ2v) is 4.53. The van der Waals surface area contributed by atoms with Crippen molar-refractivity contribution in [3.63, 3.8) is 0 Å². The number of carbonyl (C=O) groups excluding carboxylic acids is 1. The van der Waals surface area contributed by atoms with E-state index in [-0.39, 0.29) is 5.97 Å². The molecule has 0 N–H and O–H groups in total. The first-order valence-electron chi connectivity index (χ1n) is 7.21. The van der Waals surface area contributed by atoms with Gasteiger partial charge in [0, 0.05) is 11.6 Å². The molecule has 0 saturated heterocycles. The SMILES string of the molecule is C=CC(=O)OCCCCCCOc1ccc(C#CC)cc1. The first-order valence-corrected chi connectivity index (χ1v) is 7.21. The molecule has 0 aliphatic rings. The van der Waals surface area contributed by atoms with E-state index in [0.717, 1.165) is 37.0 Å². The van der Waals surface area contributed by atoms with Crippen LogP contribution in [0.15, 0.2) is 36.9 Å². The lowest BCUT2D eigenvalue weighted by Gasteiger charge is -2.06. The van der Waals surface area contributed by atoms with Gasteiger partial charge in [0.1, 0.15) is 5.75 Å². The van der Waals surface area contributed by atoms with E-state index < -0.39 is 0 Å². The lowest BCUT2D eigenvalue weighted by atomic mass is 10.2. The minimum atomic E-state index is -0.352. The summed E-state index contributed by atoms with van der Waals surface area (Å²) in [7, 11) is 0. The summed E-state index contributed by atoms with van der Waals surface area (Å²) >= 11 is 0. The Morgan fingerprint density at radius 2 is 1.81 bits per heavy atom. The summed E-state index contributed by atoms with van der Waals surface area (Å²) in [5, 5.41) is 0. The average Bonchev–Trinajstić information content (AvgIpc) is 2.51. The summed E-state index contributed by atoms with van der Waals surface area (Å²) in [6.07, 6.45) is 5.14. The van der Waals surface area contributed by atoms with Gasteiger partial charge in [-0.05, 0) is 56.9 Å². The predicted octanol–water partition coefficient (Wildman–Crippen LogP) is 3.73. The van der Waals surface area contributed by atoms with E-state index in [9.17, 15) is 4.79 Å². The molecular formula is C18H22O3. The number of carbonyl (C=O) groups is 1. The molecule has 0 heterocycles. The van der Waals surface area contributed by atoms with Crippen molar-refractivity contribution in [1.29, 1.82) is 0 Å². The molecule has 0 amide bonds. The van der Waals surface area contributed by atoms with Crippen molar-refractivity contribution in [1.82, 2.24) is 0 Å². The van der Waals surface area contributed by atoms with Crippen molar-refractivity contribution in [2.45, 2.75) is 32.6 Å². The highest BCUT2D eigenvalue weighted by Gasteiger charge is 1.97. The third-order valence-electron chi connectivity index (χ3n) is 2.84. The molecule has 0 atom stereocenters. The number of esters is 1. The molecular weight excluding hydrogens is 264 g/mol. The Hall–Kier alpha value is -2.21. The van der Waals surface area contributed by atoms with Crippen molar-refractivity contribution in [2.24, 2.45) is 0 Å². The molecule has 1 aromatic rings. The molecule has 1 aromatic carbocycles. The Labute approximate surface area is 127 Å². The fraction of sp³-hybridized carbons (Fsp3) is 0.389. The summed E-state index contributed by atoms with van der Waals surface area (Å²) in [5.74, 6) is 6.38. The maximum absolute atomic E-state index is 10.8. The van der Waals surface area contributed by atoms with Crippen LogP contribution in [0.3, 0.4) is 0 Å². The van der Waals surface area contributed by atoms with Gasteiger partial charge in [-0.25, -0.2) is 4.79 Å². The highest BCUT2D eigenvalue weighted by Crippen LogP contribution is 2.12. The zero-order chi connectivity index (χ0) is 15.3. The van der Waals surface area contributed by atoms with Crippen LogP contribution in [0, 0.1) is 11.8 Å². The van der Waals surface area contributed by atoms with Crippen LogP contribution in [-0.4, -0.2) is 19.2 Å². The van der Waals surface area contributed by atoms with Crippen molar-refractivity contribution >= 4 is 5.97 Å². The third kappa shape index (κ3) is 7.84. The normalized spacial score (nSPS) is 9.38. The Balaban J connectivity index is 2.04. The van der Waals surface area contributed by atoms with Crippen molar-refractivity contribution in [2.75, 3.05) is 13.2 Å². The summed E-state index contributed by atoms with van der Waals surface area (Å²) in [6, 6.07) is 7.79. The lowest BCUT2D eigenvalue weighted by Crippen LogP contribution is -2.02. The van der Waals surface area contributed by atoms with Gasteiger partial charge in [-0.2, -0.15) is 0 Å². The van der Waals surface area contributed by atoms with Gasteiger partial charge in [-0.15, -0.1) is 5.92 Å². The van der Waals surface area contributed by atoms with E-state index in [1.807, 2.05) is 31.2 Å². The molecule has 0 saturated carbocycles. The van der Waals surface area contributed by atoms with Crippen LogP contribution in [0.25, 0.3) is 0 Å². The first-order chi connectivity index (χ1) is 10.3. The minimum Gasteiger partial charge on any atom is -0.494 e. The van der Waals surface area contributed by atoms with Crippen molar-refractivity contribution in [3.8, 4) is 17.6 Å². The standard InChI is InChI=1S/C18H22O3/c1-3-9-16-10-12-17(13-11-16)20-14-7-5-6-8-15-21-18(19)4-2/h4,10-13H,2,5-8,14-15H2,1H3. The van der Waals surface area contributed by atoms with Crippen LogP contribution in [0.5, 0.6) is 5.75 Å². The molecule has 112 valence electrons. The number of benzene rings is 1. The topological polar surface area (TPSA) is 35.5 Å². The van der Waals surface area contributed by atoms with Crippen molar-refractivity contribution in [3.05, 3.63) is 42.5 Å². The van der Waals surface area contributed by atoms with E-state index >= 15 is 0 Å². The minimum absolute atomic E-state index is 0.352. The highest BCUT2D eigenvalue weighted by molar-refractivity contribution is 5.81. The van der Waals surface area contributed by atoms with E-state index in [1.54, 1.807) is 0 Å². The van der Waals surface area contributed by atoms with Crippen LogP contribution < -0.4 is 4.74 Å². The van der Waals surface area contributed by atoms with Gasteiger partial charge < -0.3 is 9.47 Å².